The predicted octanol–water partition coefficient (Wildman–Crippen LogP) is 2.65. The van der Waals surface area contributed by atoms with Crippen LogP contribution in [-0.2, 0) is 11.3 Å². The molecule has 2 rings (SSSR count). The normalized spacial score (nSPS) is 12.2. The maximum Gasteiger partial charge on any atom is 0.201 e. The van der Waals surface area contributed by atoms with Crippen LogP contribution in [0.3, 0.4) is 0 Å². The molecule has 0 saturated carbocycles. The molecule has 0 fully saturated rings. The van der Waals surface area contributed by atoms with E-state index in [9.17, 15) is 0 Å². The molecule has 4 nitrogen and oxygen atoms in total. The van der Waals surface area contributed by atoms with Crippen LogP contribution in [0.1, 0.15) is 13.8 Å². The monoisotopic (exact) mass is 345 g/mol. The van der Waals surface area contributed by atoms with Crippen molar-refractivity contribution >= 4 is 39.6 Å². The number of aromatic nitrogens is 2. The fourth-order valence-electron chi connectivity index (χ4n) is 1.73. The van der Waals surface area contributed by atoms with Gasteiger partial charge in [0.05, 0.1) is 23.2 Å². The Labute approximate surface area is 114 Å². The molecule has 0 amide bonds. The van der Waals surface area contributed by atoms with E-state index in [0.717, 1.165) is 14.6 Å². The maximum absolute atomic E-state index is 5.96. The first-order valence-electron chi connectivity index (χ1n) is 5.39. The number of rotatable bonds is 3. The SMILES string of the molecule is COC(C)(C)Cn1c(N)nc2cc(I)ccc21. The molecule has 0 saturated heterocycles. The van der Waals surface area contributed by atoms with Crippen molar-refractivity contribution in [3.05, 3.63) is 21.8 Å². The van der Waals surface area contributed by atoms with E-state index in [1.807, 2.05) is 30.5 Å². The minimum Gasteiger partial charge on any atom is -0.377 e. The average Bonchev–Trinajstić information content (AvgIpc) is 2.54. The summed E-state index contributed by atoms with van der Waals surface area (Å²) in [5.74, 6) is 0.534. The van der Waals surface area contributed by atoms with Gasteiger partial charge in [-0.2, -0.15) is 0 Å². The van der Waals surface area contributed by atoms with E-state index in [0.29, 0.717) is 12.5 Å². The molecule has 0 spiro atoms. The van der Waals surface area contributed by atoms with E-state index < -0.39 is 0 Å². The molecule has 1 heterocycles. The molecular weight excluding hydrogens is 329 g/mol. The van der Waals surface area contributed by atoms with E-state index in [-0.39, 0.29) is 5.60 Å². The number of nitrogen functional groups attached to an aromatic ring is 1. The van der Waals surface area contributed by atoms with Crippen molar-refractivity contribution < 1.29 is 4.74 Å². The Morgan fingerprint density at radius 1 is 1.47 bits per heavy atom. The van der Waals surface area contributed by atoms with Crippen LogP contribution in [0.2, 0.25) is 0 Å². The number of anilines is 1. The van der Waals surface area contributed by atoms with Crippen molar-refractivity contribution in [3.8, 4) is 0 Å². The summed E-state index contributed by atoms with van der Waals surface area (Å²) in [4.78, 5) is 4.37. The van der Waals surface area contributed by atoms with Crippen LogP contribution in [0.25, 0.3) is 11.0 Å². The van der Waals surface area contributed by atoms with Crippen LogP contribution in [0.4, 0.5) is 5.95 Å². The van der Waals surface area contributed by atoms with Gasteiger partial charge < -0.3 is 15.0 Å². The van der Waals surface area contributed by atoms with Gasteiger partial charge in [-0.3, -0.25) is 0 Å². The molecule has 92 valence electrons. The minimum absolute atomic E-state index is 0.259. The van der Waals surface area contributed by atoms with Crippen LogP contribution in [0, 0.1) is 3.57 Å². The van der Waals surface area contributed by atoms with Gasteiger partial charge in [0.2, 0.25) is 5.95 Å². The number of hydrogen-bond donors (Lipinski definition) is 1. The molecule has 0 radical (unpaired) electrons. The second kappa shape index (κ2) is 4.45. The largest absolute Gasteiger partial charge is 0.377 e. The zero-order chi connectivity index (χ0) is 12.6. The first-order valence-corrected chi connectivity index (χ1v) is 6.47. The van der Waals surface area contributed by atoms with Crippen molar-refractivity contribution in [3.63, 3.8) is 0 Å². The van der Waals surface area contributed by atoms with Crippen LogP contribution in [-0.4, -0.2) is 22.3 Å². The topological polar surface area (TPSA) is 53.1 Å². The maximum atomic E-state index is 5.96. The van der Waals surface area contributed by atoms with E-state index >= 15 is 0 Å². The second-order valence-corrected chi connectivity index (χ2v) is 5.90. The number of fused-ring (bicyclic) bond motifs is 1. The molecule has 0 aliphatic carbocycles. The van der Waals surface area contributed by atoms with Gasteiger partial charge in [0, 0.05) is 10.7 Å². The number of halogens is 1. The summed E-state index contributed by atoms with van der Waals surface area (Å²) in [6.45, 7) is 4.75. The van der Waals surface area contributed by atoms with Gasteiger partial charge in [0.1, 0.15) is 0 Å². The third kappa shape index (κ3) is 2.55. The molecule has 0 unspecified atom stereocenters. The summed E-state index contributed by atoms with van der Waals surface area (Å²) in [6, 6.07) is 6.13. The van der Waals surface area contributed by atoms with Crippen molar-refractivity contribution in [1.82, 2.24) is 9.55 Å². The lowest BCUT2D eigenvalue weighted by molar-refractivity contribution is 0.00947. The Bertz CT molecular complexity index is 548. The smallest absolute Gasteiger partial charge is 0.201 e. The Morgan fingerprint density at radius 3 is 2.82 bits per heavy atom. The first-order chi connectivity index (χ1) is 7.93. The Kier molecular flexibility index (Phi) is 3.31. The fourth-order valence-corrected chi connectivity index (χ4v) is 2.21. The van der Waals surface area contributed by atoms with E-state index in [4.69, 9.17) is 10.5 Å². The van der Waals surface area contributed by atoms with Gasteiger partial charge in [0.25, 0.3) is 0 Å². The Morgan fingerprint density at radius 2 is 2.18 bits per heavy atom. The highest BCUT2D eigenvalue weighted by molar-refractivity contribution is 14.1. The Balaban J connectivity index is 2.50. The van der Waals surface area contributed by atoms with Gasteiger partial charge in [-0.15, -0.1) is 0 Å². The zero-order valence-corrected chi connectivity index (χ0v) is 12.4. The second-order valence-electron chi connectivity index (χ2n) is 4.65. The van der Waals surface area contributed by atoms with Crippen molar-refractivity contribution in [2.45, 2.75) is 26.0 Å². The molecule has 5 heteroatoms. The zero-order valence-electron chi connectivity index (χ0n) is 10.2. The molecular formula is C12H16IN3O. The third-order valence-electron chi connectivity index (χ3n) is 2.83. The highest BCUT2D eigenvalue weighted by Gasteiger charge is 2.20. The summed E-state index contributed by atoms with van der Waals surface area (Å²) in [5, 5.41) is 0. The molecule has 1 aromatic carbocycles. The number of benzene rings is 1. The molecule has 1 aromatic heterocycles. The molecule has 0 aliphatic rings. The van der Waals surface area contributed by atoms with Gasteiger partial charge >= 0.3 is 0 Å². The van der Waals surface area contributed by atoms with Crippen LogP contribution < -0.4 is 5.73 Å². The lowest BCUT2D eigenvalue weighted by atomic mass is 10.1. The van der Waals surface area contributed by atoms with E-state index in [1.54, 1.807) is 7.11 Å². The molecule has 17 heavy (non-hydrogen) atoms. The van der Waals surface area contributed by atoms with Gasteiger partial charge in [0.15, 0.2) is 0 Å². The summed E-state index contributed by atoms with van der Waals surface area (Å²) in [7, 11) is 1.71. The number of imidazole rings is 1. The summed E-state index contributed by atoms with van der Waals surface area (Å²) in [6.07, 6.45) is 0. The summed E-state index contributed by atoms with van der Waals surface area (Å²) in [5.41, 5.74) is 7.68. The molecule has 2 N–H and O–H groups in total. The number of nitrogens with two attached hydrogens (primary N) is 1. The molecule has 2 aromatic rings. The van der Waals surface area contributed by atoms with E-state index in [1.165, 1.54) is 0 Å². The number of ether oxygens (including phenoxy) is 1. The third-order valence-corrected chi connectivity index (χ3v) is 3.50. The predicted molar refractivity (Wildman–Crippen MR) is 78.0 cm³/mol. The lowest BCUT2D eigenvalue weighted by Gasteiger charge is -2.24. The standard InChI is InChI=1S/C12H16IN3O/c1-12(2,17-3)7-16-10-5-4-8(13)6-9(10)15-11(16)14/h4-6H,7H2,1-3H3,(H2,14,15). The van der Waals surface area contributed by atoms with Crippen LogP contribution in [0.15, 0.2) is 18.2 Å². The first kappa shape index (κ1) is 12.6. The molecule has 0 aliphatic heterocycles. The molecule has 0 atom stereocenters. The van der Waals surface area contributed by atoms with E-state index in [2.05, 4.69) is 33.6 Å². The number of nitrogens with zero attached hydrogens (tertiary/aromatic N) is 2. The van der Waals surface area contributed by atoms with Gasteiger partial charge in [-0.1, -0.05) is 0 Å². The molecule has 0 bridgehead atoms. The fraction of sp³-hybridized carbons (Fsp3) is 0.417. The quantitative estimate of drug-likeness (QED) is 0.871. The van der Waals surface area contributed by atoms with Crippen LogP contribution in [0.5, 0.6) is 0 Å². The van der Waals surface area contributed by atoms with Crippen molar-refractivity contribution in [1.29, 1.82) is 0 Å². The highest BCUT2D eigenvalue weighted by atomic mass is 127. The minimum atomic E-state index is -0.259. The number of methoxy groups -OCH3 is 1. The highest BCUT2D eigenvalue weighted by Crippen LogP contribution is 2.23. The van der Waals surface area contributed by atoms with Crippen molar-refractivity contribution in [2.24, 2.45) is 0 Å². The van der Waals surface area contributed by atoms with Gasteiger partial charge in [-0.05, 0) is 54.6 Å². The average molecular weight is 345 g/mol. The van der Waals surface area contributed by atoms with Crippen molar-refractivity contribution in [2.75, 3.05) is 12.8 Å². The summed E-state index contributed by atoms with van der Waals surface area (Å²) < 4.78 is 8.59. The summed E-state index contributed by atoms with van der Waals surface area (Å²) >= 11 is 2.27. The number of hydrogen-bond acceptors (Lipinski definition) is 3. The van der Waals surface area contributed by atoms with Gasteiger partial charge in [-0.25, -0.2) is 4.98 Å². The lowest BCUT2D eigenvalue weighted by Crippen LogP contribution is -2.29. The van der Waals surface area contributed by atoms with Crippen LogP contribution >= 0.6 is 22.6 Å². The Hall–Kier alpha value is -0.820.